The van der Waals surface area contributed by atoms with Gasteiger partial charge in [-0.3, -0.25) is 4.79 Å². The Morgan fingerprint density at radius 3 is 2.67 bits per heavy atom. The molecule has 0 heterocycles. The van der Waals surface area contributed by atoms with Crippen molar-refractivity contribution in [2.24, 2.45) is 0 Å². The van der Waals surface area contributed by atoms with Crippen LogP contribution >= 0.6 is 0 Å². The fourth-order valence-electron chi connectivity index (χ4n) is 0.332. The summed E-state index contributed by atoms with van der Waals surface area (Å²) in [5.74, 6) is 5.16. The normalized spacial score (nSPS) is 7.33. The molecule has 0 rings (SSSR count). The number of methoxy groups -OCH3 is 1. The second-order valence-electron chi connectivity index (χ2n) is 1.46. The molecule has 0 aromatic carbocycles. The van der Waals surface area contributed by atoms with Crippen molar-refractivity contribution in [3.63, 3.8) is 0 Å². The third-order valence-corrected chi connectivity index (χ3v) is 0.762. The number of carbonyl (C=O) groups excluding carboxylic acids is 1. The van der Waals surface area contributed by atoms with Gasteiger partial charge in [0, 0.05) is 6.42 Å². The summed E-state index contributed by atoms with van der Waals surface area (Å²) in [4.78, 5) is 10.4. The zero-order valence-electron chi connectivity index (χ0n) is 5.73. The Balaban J connectivity index is 3.37. The van der Waals surface area contributed by atoms with Crippen LogP contribution in [-0.4, -0.2) is 13.1 Å². The Morgan fingerprint density at radius 2 is 2.22 bits per heavy atom. The molecule has 0 aromatic heterocycles. The Kier molecular flexibility index (Phi) is 4.61. The minimum absolute atomic E-state index is 0.213. The number of carbonyl (C=O) groups is 1. The summed E-state index contributed by atoms with van der Waals surface area (Å²) >= 11 is 0. The largest absolute Gasteiger partial charge is 0.468 e. The second kappa shape index (κ2) is 5.17. The fourth-order valence-corrected chi connectivity index (χ4v) is 0.332. The van der Waals surface area contributed by atoms with Crippen molar-refractivity contribution in [1.82, 2.24) is 0 Å². The first-order valence-corrected chi connectivity index (χ1v) is 2.83. The van der Waals surface area contributed by atoms with Crippen molar-refractivity contribution in [2.45, 2.75) is 19.8 Å². The number of hydrogen-bond acceptors (Lipinski definition) is 2. The van der Waals surface area contributed by atoms with Crippen molar-refractivity contribution in [2.75, 3.05) is 7.11 Å². The topological polar surface area (TPSA) is 26.3 Å². The van der Waals surface area contributed by atoms with Crippen LogP contribution in [0.25, 0.3) is 0 Å². The van der Waals surface area contributed by atoms with Crippen molar-refractivity contribution >= 4 is 5.97 Å². The lowest BCUT2D eigenvalue weighted by Gasteiger charge is -1.88. The zero-order chi connectivity index (χ0) is 7.11. The summed E-state index contributed by atoms with van der Waals surface area (Å²) in [5, 5.41) is 0. The van der Waals surface area contributed by atoms with E-state index in [2.05, 4.69) is 16.6 Å². The standard InChI is InChI=1S/C7H10O2/c1-3-4-5-6-7(8)9-2/h3,6H2,1-2H3. The molecule has 9 heavy (non-hydrogen) atoms. The summed E-state index contributed by atoms with van der Waals surface area (Å²) < 4.78 is 4.36. The van der Waals surface area contributed by atoms with E-state index in [0.717, 1.165) is 6.42 Å². The van der Waals surface area contributed by atoms with E-state index in [1.165, 1.54) is 7.11 Å². The lowest BCUT2D eigenvalue weighted by molar-refractivity contribution is -0.139. The average molecular weight is 126 g/mol. The molecule has 50 valence electrons. The summed E-state index contributed by atoms with van der Waals surface area (Å²) in [6.07, 6.45) is 1.00. The van der Waals surface area contributed by atoms with E-state index in [0.29, 0.717) is 0 Å². The molecule has 2 nitrogen and oxygen atoms in total. The van der Waals surface area contributed by atoms with Crippen LogP contribution in [0.2, 0.25) is 0 Å². The van der Waals surface area contributed by atoms with Crippen LogP contribution in [0.1, 0.15) is 19.8 Å². The monoisotopic (exact) mass is 126 g/mol. The highest BCUT2D eigenvalue weighted by Crippen LogP contribution is 1.80. The Bertz CT molecular complexity index is 139. The molecular formula is C7H10O2. The van der Waals surface area contributed by atoms with E-state index < -0.39 is 0 Å². The van der Waals surface area contributed by atoms with Gasteiger partial charge in [0.2, 0.25) is 0 Å². The van der Waals surface area contributed by atoms with E-state index >= 15 is 0 Å². The predicted molar refractivity (Wildman–Crippen MR) is 34.7 cm³/mol. The third kappa shape index (κ3) is 4.89. The number of esters is 1. The molecule has 0 saturated carbocycles. The molecule has 0 N–H and O–H groups in total. The van der Waals surface area contributed by atoms with Gasteiger partial charge in [-0.1, -0.05) is 12.8 Å². The predicted octanol–water partition coefficient (Wildman–Crippen LogP) is 0.963. The summed E-state index contributed by atoms with van der Waals surface area (Å²) in [7, 11) is 1.36. The van der Waals surface area contributed by atoms with Crippen LogP contribution in [0.15, 0.2) is 0 Å². The number of ether oxygens (including phenoxy) is 1. The highest BCUT2D eigenvalue weighted by molar-refractivity contribution is 5.72. The SMILES string of the molecule is CCC#CCC(=O)OC. The first-order valence-electron chi connectivity index (χ1n) is 2.83. The van der Waals surface area contributed by atoms with E-state index in [1.54, 1.807) is 0 Å². The molecular weight excluding hydrogens is 116 g/mol. The second-order valence-corrected chi connectivity index (χ2v) is 1.46. The molecule has 0 aliphatic carbocycles. The van der Waals surface area contributed by atoms with Gasteiger partial charge in [-0.05, 0) is 0 Å². The lowest BCUT2D eigenvalue weighted by Crippen LogP contribution is -1.96. The van der Waals surface area contributed by atoms with E-state index in [4.69, 9.17) is 0 Å². The average Bonchev–Trinajstić information content (AvgIpc) is 1.89. The van der Waals surface area contributed by atoms with Gasteiger partial charge in [0.1, 0.15) is 6.42 Å². The zero-order valence-corrected chi connectivity index (χ0v) is 5.73. The van der Waals surface area contributed by atoms with Crippen LogP contribution < -0.4 is 0 Å². The van der Waals surface area contributed by atoms with Gasteiger partial charge in [0.25, 0.3) is 0 Å². The van der Waals surface area contributed by atoms with Crippen molar-refractivity contribution in [1.29, 1.82) is 0 Å². The van der Waals surface area contributed by atoms with Crippen molar-refractivity contribution < 1.29 is 9.53 Å². The maximum Gasteiger partial charge on any atom is 0.317 e. The molecule has 0 aliphatic heterocycles. The Hall–Kier alpha value is -0.970. The van der Waals surface area contributed by atoms with Crippen LogP contribution in [-0.2, 0) is 9.53 Å². The molecule has 0 saturated heterocycles. The van der Waals surface area contributed by atoms with Gasteiger partial charge in [0.05, 0.1) is 7.11 Å². The van der Waals surface area contributed by atoms with Gasteiger partial charge in [-0.15, -0.1) is 5.92 Å². The maximum absolute atomic E-state index is 10.4. The van der Waals surface area contributed by atoms with Crippen molar-refractivity contribution in [3.05, 3.63) is 0 Å². The highest BCUT2D eigenvalue weighted by Gasteiger charge is 1.91. The van der Waals surface area contributed by atoms with E-state index in [-0.39, 0.29) is 12.4 Å². The lowest BCUT2D eigenvalue weighted by atomic mass is 10.4. The molecule has 0 unspecified atom stereocenters. The van der Waals surface area contributed by atoms with Gasteiger partial charge in [0.15, 0.2) is 0 Å². The molecule has 0 aromatic rings. The van der Waals surface area contributed by atoms with Crippen LogP contribution in [0.5, 0.6) is 0 Å². The number of hydrogen-bond donors (Lipinski definition) is 0. The molecule has 0 spiro atoms. The fraction of sp³-hybridized carbons (Fsp3) is 0.571. The van der Waals surface area contributed by atoms with Crippen LogP contribution in [0, 0.1) is 11.8 Å². The third-order valence-electron chi connectivity index (χ3n) is 0.762. The van der Waals surface area contributed by atoms with Gasteiger partial charge in [-0.25, -0.2) is 0 Å². The molecule has 0 atom stereocenters. The molecule has 0 amide bonds. The van der Waals surface area contributed by atoms with Crippen LogP contribution in [0.3, 0.4) is 0 Å². The Morgan fingerprint density at radius 1 is 1.56 bits per heavy atom. The minimum Gasteiger partial charge on any atom is -0.468 e. The smallest absolute Gasteiger partial charge is 0.317 e. The maximum atomic E-state index is 10.4. The van der Waals surface area contributed by atoms with Gasteiger partial charge in [-0.2, -0.15) is 0 Å². The summed E-state index contributed by atoms with van der Waals surface area (Å²) in [6, 6.07) is 0. The first kappa shape index (κ1) is 8.03. The van der Waals surface area contributed by atoms with E-state index in [9.17, 15) is 4.79 Å². The Labute approximate surface area is 55.2 Å². The molecule has 0 radical (unpaired) electrons. The molecule has 0 fully saturated rings. The van der Waals surface area contributed by atoms with Crippen molar-refractivity contribution in [3.8, 4) is 11.8 Å². The van der Waals surface area contributed by atoms with Gasteiger partial charge >= 0.3 is 5.97 Å². The quantitative estimate of drug-likeness (QED) is 0.386. The molecule has 0 aliphatic rings. The first-order chi connectivity index (χ1) is 4.31. The minimum atomic E-state index is -0.268. The van der Waals surface area contributed by atoms with Gasteiger partial charge < -0.3 is 4.74 Å². The van der Waals surface area contributed by atoms with Crippen LogP contribution in [0.4, 0.5) is 0 Å². The molecule has 0 bridgehead atoms. The molecule has 2 heteroatoms. The summed E-state index contributed by atoms with van der Waals surface area (Å²) in [5.41, 5.74) is 0. The summed E-state index contributed by atoms with van der Waals surface area (Å²) in [6.45, 7) is 1.93. The highest BCUT2D eigenvalue weighted by atomic mass is 16.5. The van der Waals surface area contributed by atoms with E-state index in [1.807, 2.05) is 6.92 Å². The number of rotatable bonds is 1.